The van der Waals surface area contributed by atoms with E-state index in [0.29, 0.717) is 0 Å². The molecule has 0 aromatic carbocycles. The summed E-state index contributed by atoms with van der Waals surface area (Å²) in [6, 6.07) is -0.772. The second kappa shape index (κ2) is 5.56. The molecule has 0 spiro atoms. The Morgan fingerprint density at radius 3 is 2.15 bits per heavy atom. The fourth-order valence-electron chi connectivity index (χ4n) is 1.34. The average Bonchev–Trinajstić information content (AvgIpc) is 2.03. The molecule has 0 aromatic rings. The SMILES string of the molecule is CC[C@@H](C)[C@@H](CC)C(=O)NC(N)=O. The number of hydrogen-bond donors (Lipinski definition) is 2. The summed E-state index contributed by atoms with van der Waals surface area (Å²) < 4.78 is 0. The minimum Gasteiger partial charge on any atom is -0.351 e. The molecule has 4 nitrogen and oxygen atoms in total. The maximum Gasteiger partial charge on any atom is 0.318 e. The van der Waals surface area contributed by atoms with Crippen molar-refractivity contribution in [1.82, 2.24) is 5.32 Å². The van der Waals surface area contributed by atoms with Crippen molar-refractivity contribution < 1.29 is 9.59 Å². The first kappa shape index (κ1) is 11.9. The smallest absolute Gasteiger partial charge is 0.318 e. The molecule has 0 aliphatic carbocycles. The van der Waals surface area contributed by atoms with Crippen molar-refractivity contribution >= 4 is 11.9 Å². The van der Waals surface area contributed by atoms with Crippen LogP contribution in [0.3, 0.4) is 0 Å². The van der Waals surface area contributed by atoms with Crippen LogP contribution in [0.5, 0.6) is 0 Å². The molecule has 0 saturated heterocycles. The van der Waals surface area contributed by atoms with E-state index in [1.54, 1.807) is 0 Å². The summed E-state index contributed by atoms with van der Waals surface area (Å²) in [5.74, 6) is -0.0915. The van der Waals surface area contributed by atoms with Gasteiger partial charge < -0.3 is 5.73 Å². The van der Waals surface area contributed by atoms with Crippen molar-refractivity contribution in [3.05, 3.63) is 0 Å². The van der Waals surface area contributed by atoms with E-state index in [2.05, 4.69) is 5.32 Å². The van der Waals surface area contributed by atoms with E-state index in [9.17, 15) is 9.59 Å². The molecule has 0 aliphatic heterocycles. The summed E-state index contributed by atoms with van der Waals surface area (Å²) in [4.78, 5) is 21.8. The van der Waals surface area contributed by atoms with Gasteiger partial charge in [0.1, 0.15) is 0 Å². The maximum absolute atomic E-state index is 11.4. The number of hydrogen-bond acceptors (Lipinski definition) is 2. The minimum atomic E-state index is -0.772. The highest BCUT2D eigenvalue weighted by atomic mass is 16.2. The summed E-state index contributed by atoms with van der Waals surface area (Å²) in [5, 5.41) is 2.11. The zero-order valence-electron chi connectivity index (χ0n) is 8.46. The van der Waals surface area contributed by atoms with Crippen LogP contribution in [0, 0.1) is 11.8 Å². The summed E-state index contributed by atoms with van der Waals surface area (Å²) >= 11 is 0. The van der Waals surface area contributed by atoms with Gasteiger partial charge in [-0.05, 0) is 12.3 Å². The predicted octanol–water partition coefficient (Wildman–Crippen LogP) is 1.25. The van der Waals surface area contributed by atoms with Gasteiger partial charge in [0.05, 0.1) is 0 Å². The Bertz CT molecular complexity index is 192. The zero-order valence-corrected chi connectivity index (χ0v) is 8.46. The van der Waals surface area contributed by atoms with Gasteiger partial charge in [-0.25, -0.2) is 4.79 Å². The number of urea groups is 1. The van der Waals surface area contributed by atoms with E-state index in [1.807, 2.05) is 20.8 Å². The standard InChI is InChI=1S/C9H18N2O2/c1-4-6(3)7(5-2)8(12)11-9(10)13/h6-7H,4-5H2,1-3H3,(H3,10,11,12,13)/t6-,7-/m1/s1. The van der Waals surface area contributed by atoms with Crippen molar-refractivity contribution in [3.8, 4) is 0 Å². The van der Waals surface area contributed by atoms with Gasteiger partial charge in [0, 0.05) is 5.92 Å². The molecule has 4 heteroatoms. The van der Waals surface area contributed by atoms with Gasteiger partial charge in [-0.2, -0.15) is 0 Å². The Kier molecular flexibility index (Phi) is 5.11. The molecule has 3 N–H and O–H groups in total. The molecule has 13 heavy (non-hydrogen) atoms. The minimum absolute atomic E-state index is 0.113. The molecular formula is C9H18N2O2. The molecule has 2 atom stereocenters. The number of nitrogens with one attached hydrogen (secondary N) is 1. The summed E-state index contributed by atoms with van der Waals surface area (Å²) in [6.07, 6.45) is 1.65. The lowest BCUT2D eigenvalue weighted by Gasteiger charge is -2.19. The van der Waals surface area contributed by atoms with Crippen LogP contribution in [-0.4, -0.2) is 11.9 Å². The molecule has 76 valence electrons. The molecule has 3 amide bonds. The Morgan fingerprint density at radius 2 is 1.85 bits per heavy atom. The molecule has 0 radical (unpaired) electrons. The largest absolute Gasteiger partial charge is 0.351 e. The first-order valence-corrected chi connectivity index (χ1v) is 4.63. The number of carbonyl (C=O) groups excluding carboxylic acids is 2. The first-order chi connectivity index (χ1) is 6.02. The average molecular weight is 186 g/mol. The highest BCUT2D eigenvalue weighted by Crippen LogP contribution is 2.18. The van der Waals surface area contributed by atoms with Crippen molar-refractivity contribution in [2.45, 2.75) is 33.6 Å². The van der Waals surface area contributed by atoms with Gasteiger partial charge in [0.15, 0.2) is 0 Å². The molecule has 0 saturated carbocycles. The third-order valence-electron chi connectivity index (χ3n) is 2.35. The van der Waals surface area contributed by atoms with Gasteiger partial charge in [-0.3, -0.25) is 10.1 Å². The molecule has 0 heterocycles. The van der Waals surface area contributed by atoms with Crippen LogP contribution in [0.2, 0.25) is 0 Å². The van der Waals surface area contributed by atoms with Crippen LogP contribution in [0.1, 0.15) is 33.6 Å². The normalized spacial score (nSPS) is 14.7. The van der Waals surface area contributed by atoms with Crippen LogP contribution >= 0.6 is 0 Å². The van der Waals surface area contributed by atoms with Crippen molar-refractivity contribution in [2.75, 3.05) is 0 Å². The van der Waals surface area contributed by atoms with Gasteiger partial charge >= 0.3 is 6.03 Å². The zero-order chi connectivity index (χ0) is 10.4. The van der Waals surface area contributed by atoms with Gasteiger partial charge in [0.25, 0.3) is 0 Å². The lowest BCUT2D eigenvalue weighted by Crippen LogP contribution is -2.40. The van der Waals surface area contributed by atoms with Crippen LogP contribution in [0.4, 0.5) is 4.79 Å². The number of amides is 3. The summed E-state index contributed by atoms with van der Waals surface area (Å²) in [7, 11) is 0. The quantitative estimate of drug-likeness (QED) is 0.693. The van der Waals surface area contributed by atoms with Crippen LogP contribution in [0.15, 0.2) is 0 Å². The monoisotopic (exact) mass is 186 g/mol. The van der Waals surface area contributed by atoms with Crippen LogP contribution < -0.4 is 11.1 Å². The van der Waals surface area contributed by atoms with Gasteiger partial charge in [-0.15, -0.1) is 0 Å². The van der Waals surface area contributed by atoms with Gasteiger partial charge in [-0.1, -0.05) is 27.2 Å². The molecule has 0 rings (SSSR count). The Hall–Kier alpha value is -1.06. The third-order valence-corrected chi connectivity index (χ3v) is 2.35. The second-order valence-electron chi connectivity index (χ2n) is 3.25. The lowest BCUT2D eigenvalue weighted by molar-refractivity contribution is -0.125. The Morgan fingerprint density at radius 1 is 1.31 bits per heavy atom. The molecule has 0 bridgehead atoms. The van der Waals surface area contributed by atoms with E-state index < -0.39 is 6.03 Å². The summed E-state index contributed by atoms with van der Waals surface area (Å²) in [6.45, 7) is 5.94. The fourth-order valence-corrected chi connectivity index (χ4v) is 1.34. The van der Waals surface area contributed by atoms with Gasteiger partial charge in [0.2, 0.25) is 5.91 Å². The highest BCUT2D eigenvalue weighted by Gasteiger charge is 2.22. The number of rotatable bonds is 4. The maximum atomic E-state index is 11.4. The molecule has 0 aromatic heterocycles. The van der Waals surface area contributed by atoms with E-state index in [1.165, 1.54) is 0 Å². The number of carbonyl (C=O) groups is 2. The van der Waals surface area contributed by atoms with E-state index in [4.69, 9.17) is 5.73 Å². The third kappa shape index (κ3) is 3.92. The number of nitrogens with two attached hydrogens (primary N) is 1. The fraction of sp³-hybridized carbons (Fsp3) is 0.778. The highest BCUT2D eigenvalue weighted by molar-refractivity contribution is 5.94. The van der Waals surface area contributed by atoms with E-state index >= 15 is 0 Å². The molecule has 0 fully saturated rings. The molecule has 0 aliphatic rings. The molecular weight excluding hydrogens is 168 g/mol. The van der Waals surface area contributed by atoms with Crippen LogP contribution in [0.25, 0.3) is 0 Å². The molecule has 0 unspecified atom stereocenters. The van der Waals surface area contributed by atoms with Crippen molar-refractivity contribution in [3.63, 3.8) is 0 Å². The lowest BCUT2D eigenvalue weighted by atomic mass is 9.89. The van der Waals surface area contributed by atoms with E-state index in [-0.39, 0.29) is 17.7 Å². The Balaban J connectivity index is 4.22. The van der Waals surface area contributed by atoms with E-state index in [0.717, 1.165) is 12.8 Å². The van der Waals surface area contributed by atoms with Crippen molar-refractivity contribution in [2.24, 2.45) is 17.6 Å². The van der Waals surface area contributed by atoms with Crippen LogP contribution in [-0.2, 0) is 4.79 Å². The Labute approximate surface area is 78.9 Å². The second-order valence-corrected chi connectivity index (χ2v) is 3.25. The number of primary amides is 1. The van der Waals surface area contributed by atoms with Crippen molar-refractivity contribution in [1.29, 1.82) is 0 Å². The summed E-state index contributed by atoms with van der Waals surface area (Å²) in [5.41, 5.74) is 4.86. The predicted molar refractivity (Wildman–Crippen MR) is 51.0 cm³/mol. The first-order valence-electron chi connectivity index (χ1n) is 4.63. The number of imide groups is 1. The topological polar surface area (TPSA) is 72.2 Å².